The molecule has 0 saturated heterocycles. The van der Waals surface area contributed by atoms with E-state index in [-0.39, 0.29) is 35.2 Å². The molecule has 0 spiro atoms. The van der Waals surface area contributed by atoms with Crippen molar-refractivity contribution < 1.29 is 18.3 Å². The number of aliphatic hydroxyl groups excluding tert-OH is 1. The van der Waals surface area contributed by atoms with Gasteiger partial charge in [-0.25, -0.2) is 13.1 Å². The number of carbonyl (C=O) groups excluding carboxylic acids is 1. The summed E-state index contributed by atoms with van der Waals surface area (Å²) < 4.78 is 26.4. The fourth-order valence-corrected chi connectivity index (χ4v) is 4.38. The minimum absolute atomic E-state index is 0.0847. The van der Waals surface area contributed by atoms with Gasteiger partial charge in [0.2, 0.25) is 15.9 Å². The molecule has 3 N–H and O–H groups in total. The minimum atomic E-state index is -3.50. The van der Waals surface area contributed by atoms with Crippen molar-refractivity contribution in [1.82, 2.24) is 10.0 Å². The van der Waals surface area contributed by atoms with Crippen LogP contribution in [0, 0.1) is 0 Å². The Hall–Kier alpha value is -0.960. The van der Waals surface area contributed by atoms with Crippen molar-refractivity contribution in [1.29, 1.82) is 0 Å². The van der Waals surface area contributed by atoms with Crippen molar-refractivity contribution in [2.75, 3.05) is 6.54 Å². The maximum absolute atomic E-state index is 11.8. The van der Waals surface area contributed by atoms with Gasteiger partial charge >= 0.3 is 0 Å². The summed E-state index contributed by atoms with van der Waals surface area (Å²) in [5.41, 5.74) is 0. The van der Waals surface area contributed by atoms with Crippen molar-refractivity contribution in [3.63, 3.8) is 0 Å². The molecule has 0 bridgehead atoms. The third-order valence-electron chi connectivity index (χ3n) is 3.47. The van der Waals surface area contributed by atoms with Gasteiger partial charge in [-0.2, -0.15) is 0 Å². The minimum Gasteiger partial charge on any atom is -0.393 e. The van der Waals surface area contributed by atoms with Crippen LogP contribution in [0.2, 0.25) is 0 Å². The van der Waals surface area contributed by atoms with E-state index >= 15 is 0 Å². The Bertz CT molecular complexity index is 549. The van der Waals surface area contributed by atoms with Gasteiger partial charge in [0.1, 0.15) is 4.21 Å². The average Bonchev–Trinajstić information content (AvgIpc) is 2.96. The van der Waals surface area contributed by atoms with Gasteiger partial charge in [0.15, 0.2) is 0 Å². The molecule has 2 rings (SSSR count). The molecular weight excluding hydrogens is 312 g/mol. The van der Waals surface area contributed by atoms with Crippen LogP contribution in [0.5, 0.6) is 0 Å². The Kier molecular flexibility index (Phi) is 5.74. The zero-order valence-electron chi connectivity index (χ0n) is 11.6. The monoisotopic (exact) mass is 332 g/mol. The zero-order chi connectivity index (χ0) is 15.3. The van der Waals surface area contributed by atoms with Gasteiger partial charge in [-0.05, 0) is 37.1 Å². The van der Waals surface area contributed by atoms with E-state index in [9.17, 15) is 18.3 Å². The predicted molar refractivity (Wildman–Crippen MR) is 80.5 cm³/mol. The number of amides is 1. The van der Waals surface area contributed by atoms with Crippen LogP contribution in [-0.2, 0) is 14.8 Å². The van der Waals surface area contributed by atoms with E-state index in [4.69, 9.17) is 0 Å². The molecule has 21 heavy (non-hydrogen) atoms. The molecule has 1 heterocycles. The first kappa shape index (κ1) is 16.4. The number of thiophene rings is 1. The SMILES string of the molecule is O=C(CCNS(=O)(=O)c1cccs1)NC1CCC(O)CC1. The summed E-state index contributed by atoms with van der Waals surface area (Å²) in [6, 6.07) is 3.29. The summed E-state index contributed by atoms with van der Waals surface area (Å²) in [5.74, 6) is -0.162. The number of nitrogens with one attached hydrogen (secondary N) is 2. The van der Waals surface area contributed by atoms with E-state index < -0.39 is 10.0 Å². The third-order valence-corrected chi connectivity index (χ3v) is 6.32. The predicted octanol–water partition coefficient (Wildman–Crippen LogP) is 0.836. The molecule has 1 saturated carbocycles. The largest absolute Gasteiger partial charge is 0.393 e. The molecule has 6 nitrogen and oxygen atoms in total. The van der Waals surface area contributed by atoms with Gasteiger partial charge in [-0.15, -0.1) is 11.3 Å². The Morgan fingerprint density at radius 1 is 1.33 bits per heavy atom. The zero-order valence-corrected chi connectivity index (χ0v) is 13.3. The van der Waals surface area contributed by atoms with Crippen LogP contribution in [0.1, 0.15) is 32.1 Å². The van der Waals surface area contributed by atoms with Crippen molar-refractivity contribution >= 4 is 27.3 Å². The molecule has 118 valence electrons. The average molecular weight is 332 g/mol. The third kappa shape index (κ3) is 5.06. The summed E-state index contributed by atoms with van der Waals surface area (Å²) in [6.45, 7) is 0.0847. The summed E-state index contributed by atoms with van der Waals surface area (Å²) in [5, 5.41) is 14.0. The van der Waals surface area contributed by atoms with E-state index in [0.717, 1.165) is 24.2 Å². The Balaban J connectivity index is 1.70. The summed E-state index contributed by atoms with van der Waals surface area (Å²) in [7, 11) is -3.50. The van der Waals surface area contributed by atoms with Crippen molar-refractivity contribution in [3.8, 4) is 0 Å². The number of rotatable bonds is 6. The maximum atomic E-state index is 11.8. The first-order valence-corrected chi connectivity index (χ1v) is 9.34. The van der Waals surface area contributed by atoms with Crippen LogP contribution in [0.25, 0.3) is 0 Å². The first-order valence-electron chi connectivity index (χ1n) is 6.98. The topological polar surface area (TPSA) is 95.5 Å². The second-order valence-electron chi connectivity index (χ2n) is 5.15. The number of aliphatic hydroxyl groups is 1. The second kappa shape index (κ2) is 7.35. The number of sulfonamides is 1. The lowest BCUT2D eigenvalue weighted by Crippen LogP contribution is -2.39. The molecule has 1 aromatic heterocycles. The van der Waals surface area contributed by atoms with Gasteiger partial charge < -0.3 is 10.4 Å². The molecule has 0 atom stereocenters. The van der Waals surface area contributed by atoms with Crippen LogP contribution in [-0.4, -0.2) is 38.1 Å². The molecule has 1 aromatic rings. The van der Waals surface area contributed by atoms with Crippen LogP contribution in [0.3, 0.4) is 0 Å². The molecule has 1 amide bonds. The lowest BCUT2D eigenvalue weighted by molar-refractivity contribution is -0.122. The van der Waals surface area contributed by atoms with E-state index in [2.05, 4.69) is 10.0 Å². The normalized spacial score (nSPS) is 22.9. The quantitative estimate of drug-likeness (QED) is 0.719. The Morgan fingerprint density at radius 2 is 2.05 bits per heavy atom. The van der Waals surface area contributed by atoms with Crippen molar-refractivity contribution in [2.24, 2.45) is 0 Å². The molecule has 0 aromatic carbocycles. The highest BCUT2D eigenvalue weighted by Crippen LogP contribution is 2.18. The van der Waals surface area contributed by atoms with E-state index in [1.165, 1.54) is 6.07 Å². The molecule has 0 unspecified atom stereocenters. The number of hydrogen-bond donors (Lipinski definition) is 3. The molecule has 8 heteroatoms. The van der Waals surface area contributed by atoms with Gasteiger partial charge in [0.25, 0.3) is 0 Å². The molecule has 1 fully saturated rings. The first-order chi connectivity index (χ1) is 9.97. The Labute approximate surface area is 128 Å². The standard InChI is InChI=1S/C13H20N2O4S2/c16-11-5-3-10(4-6-11)15-12(17)7-8-14-21(18,19)13-2-1-9-20-13/h1-2,9-11,14,16H,3-8H2,(H,15,17). The lowest BCUT2D eigenvalue weighted by atomic mass is 9.93. The van der Waals surface area contributed by atoms with Crippen LogP contribution < -0.4 is 10.0 Å². The molecule has 1 aliphatic rings. The highest BCUT2D eigenvalue weighted by Gasteiger charge is 2.21. The van der Waals surface area contributed by atoms with Gasteiger partial charge in [0, 0.05) is 19.0 Å². The fraction of sp³-hybridized carbons (Fsp3) is 0.615. The number of carbonyl (C=O) groups is 1. The van der Waals surface area contributed by atoms with Crippen LogP contribution in [0.15, 0.2) is 21.7 Å². The fourth-order valence-electron chi connectivity index (χ4n) is 2.31. The second-order valence-corrected chi connectivity index (χ2v) is 8.09. The highest BCUT2D eigenvalue weighted by molar-refractivity contribution is 7.91. The highest BCUT2D eigenvalue weighted by atomic mass is 32.2. The van der Waals surface area contributed by atoms with E-state index in [1.807, 2.05) is 0 Å². The molecule has 0 aliphatic heterocycles. The van der Waals surface area contributed by atoms with E-state index in [0.29, 0.717) is 12.8 Å². The van der Waals surface area contributed by atoms with Crippen molar-refractivity contribution in [3.05, 3.63) is 17.5 Å². The molecule has 1 aliphatic carbocycles. The number of hydrogen-bond acceptors (Lipinski definition) is 5. The van der Waals surface area contributed by atoms with E-state index in [1.54, 1.807) is 11.4 Å². The lowest BCUT2D eigenvalue weighted by Gasteiger charge is -2.26. The Morgan fingerprint density at radius 3 is 2.67 bits per heavy atom. The molecule has 0 radical (unpaired) electrons. The van der Waals surface area contributed by atoms with Gasteiger partial charge in [0.05, 0.1) is 6.10 Å². The van der Waals surface area contributed by atoms with Gasteiger partial charge in [-0.3, -0.25) is 4.79 Å². The summed E-state index contributed by atoms with van der Waals surface area (Å²) >= 11 is 1.14. The maximum Gasteiger partial charge on any atom is 0.250 e. The van der Waals surface area contributed by atoms with Crippen molar-refractivity contribution in [2.45, 2.75) is 48.5 Å². The summed E-state index contributed by atoms with van der Waals surface area (Å²) in [6.07, 6.45) is 2.81. The smallest absolute Gasteiger partial charge is 0.250 e. The molecular formula is C13H20N2O4S2. The summed E-state index contributed by atoms with van der Waals surface area (Å²) in [4.78, 5) is 11.8. The van der Waals surface area contributed by atoms with Crippen LogP contribution >= 0.6 is 11.3 Å². The van der Waals surface area contributed by atoms with Crippen LogP contribution in [0.4, 0.5) is 0 Å². The van der Waals surface area contributed by atoms with Gasteiger partial charge in [-0.1, -0.05) is 6.07 Å².